The van der Waals surface area contributed by atoms with Crippen molar-refractivity contribution in [2.75, 3.05) is 0 Å². The Morgan fingerprint density at radius 1 is 1.07 bits per heavy atom. The molecule has 0 saturated heterocycles. The van der Waals surface area contributed by atoms with Crippen molar-refractivity contribution in [3.63, 3.8) is 0 Å². The van der Waals surface area contributed by atoms with Gasteiger partial charge in [0.1, 0.15) is 6.33 Å². The quantitative estimate of drug-likeness (QED) is 0.555. The molecule has 1 amide bonds. The van der Waals surface area contributed by atoms with Gasteiger partial charge in [-0.3, -0.25) is 14.6 Å². The van der Waals surface area contributed by atoms with Crippen LogP contribution < -0.4 is 5.32 Å². The van der Waals surface area contributed by atoms with Gasteiger partial charge in [-0.1, -0.05) is 48.5 Å². The van der Waals surface area contributed by atoms with Crippen molar-refractivity contribution in [1.29, 1.82) is 0 Å². The Morgan fingerprint density at radius 3 is 2.63 bits per heavy atom. The number of hydrogen-bond donors (Lipinski definition) is 2. The van der Waals surface area contributed by atoms with Crippen molar-refractivity contribution >= 4 is 5.91 Å². The summed E-state index contributed by atoms with van der Waals surface area (Å²) in [4.78, 5) is 17.2. The lowest BCUT2D eigenvalue weighted by Crippen LogP contribution is -2.32. The van der Waals surface area contributed by atoms with Crippen molar-refractivity contribution in [3.05, 3.63) is 90.5 Å². The first-order valence-corrected chi connectivity index (χ1v) is 8.59. The lowest BCUT2D eigenvalue weighted by atomic mass is 10.0. The van der Waals surface area contributed by atoms with Gasteiger partial charge in [-0.2, -0.15) is 10.2 Å². The van der Waals surface area contributed by atoms with Crippen LogP contribution in [0, 0.1) is 0 Å². The molecule has 27 heavy (non-hydrogen) atoms. The molecule has 7 nitrogen and oxygen atoms in total. The Bertz CT molecular complexity index is 996. The zero-order chi connectivity index (χ0) is 18.5. The van der Waals surface area contributed by atoms with Gasteiger partial charge in [0.05, 0.1) is 18.2 Å². The summed E-state index contributed by atoms with van der Waals surface area (Å²) >= 11 is 0. The Labute approximate surface area is 156 Å². The van der Waals surface area contributed by atoms with Crippen LogP contribution in [-0.4, -0.2) is 30.9 Å². The predicted molar refractivity (Wildman–Crippen MR) is 101 cm³/mol. The molecule has 0 aliphatic rings. The molecule has 134 valence electrons. The third-order valence-electron chi connectivity index (χ3n) is 4.28. The van der Waals surface area contributed by atoms with E-state index in [9.17, 15) is 4.79 Å². The van der Waals surface area contributed by atoms with E-state index < -0.39 is 0 Å². The van der Waals surface area contributed by atoms with Gasteiger partial charge < -0.3 is 5.32 Å². The van der Waals surface area contributed by atoms with E-state index in [0.717, 1.165) is 5.56 Å². The second-order valence-corrected chi connectivity index (χ2v) is 6.04. The molecule has 2 heterocycles. The Kier molecular flexibility index (Phi) is 4.74. The van der Waals surface area contributed by atoms with Crippen molar-refractivity contribution in [3.8, 4) is 11.4 Å². The zero-order valence-corrected chi connectivity index (χ0v) is 14.5. The van der Waals surface area contributed by atoms with Gasteiger partial charge in [-0.15, -0.1) is 0 Å². The highest BCUT2D eigenvalue weighted by Gasteiger charge is 2.19. The number of aromatic amines is 1. The van der Waals surface area contributed by atoms with E-state index in [-0.39, 0.29) is 11.9 Å². The molecule has 0 saturated carbocycles. The molecule has 4 rings (SSSR count). The first-order valence-electron chi connectivity index (χ1n) is 8.59. The number of nitrogens with zero attached hydrogens (tertiary/aromatic N) is 4. The van der Waals surface area contributed by atoms with Crippen LogP contribution in [0.1, 0.15) is 22.0 Å². The van der Waals surface area contributed by atoms with Crippen molar-refractivity contribution in [2.45, 2.75) is 12.6 Å². The Morgan fingerprint density at radius 2 is 1.89 bits per heavy atom. The first-order chi connectivity index (χ1) is 13.3. The zero-order valence-electron chi connectivity index (χ0n) is 14.5. The second kappa shape index (κ2) is 7.65. The van der Waals surface area contributed by atoms with Crippen LogP contribution >= 0.6 is 0 Å². The molecule has 0 bridgehead atoms. The third kappa shape index (κ3) is 3.77. The number of carbonyl (C=O) groups excluding carboxylic acids is 1. The standard InChI is InChI=1S/C20H18N6O/c27-20(17-10-5-4-9-16(17)19-21-14-22-25-19)24-18(13-26-12-6-11-23-26)15-7-2-1-3-8-15/h1-12,14,18H,13H2,(H,24,27)(H,21,22,25)/t18-/m1/s1. The van der Waals surface area contributed by atoms with Gasteiger partial charge in [0.2, 0.25) is 0 Å². The van der Waals surface area contributed by atoms with E-state index in [1.54, 1.807) is 16.9 Å². The van der Waals surface area contributed by atoms with Gasteiger partial charge in [0.25, 0.3) is 5.91 Å². The molecule has 0 aliphatic heterocycles. The van der Waals surface area contributed by atoms with Crippen molar-refractivity contribution in [1.82, 2.24) is 30.3 Å². The number of carbonyl (C=O) groups is 1. The molecule has 0 radical (unpaired) electrons. The smallest absolute Gasteiger partial charge is 0.252 e. The molecule has 0 aliphatic carbocycles. The first kappa shape index (κ1) is 16.7. The van der Waals surface area contributed by atoms with Crippen molar-refractivity contribution in [2.24, 2.45) is 0 Å². The molecule has 0 fully saturated rings. The Hall–Kier alpha value is -3.74. The number of hydrogen-bond acceptors (Lipinski definition) is 4. The Balaban J connectivity index is 1.63. The van der Waals surface area contributed by atoms with Gasteiger partial charge in [-0.25, -0.2) is 4.98 Å². The molecular weight excluding hydrogens is 340 g/mol. The average Bonchev–Trinajstić information content (AvgIpc) is 3.42. The number of amides is 1. The summed E-state index contributed by atoms with van der Waals surface area (Å²) in [6, 6.07) is 18.8. The fourth-order valence-corrected chi connectivity index (χ4v) is 2.97. The molecule has 0 unspecified atom stereocenters. The summed E-state index contributed by atoms with van der Waals surface area (Å²) in [5.74, 6) is 0.382. The molecule has 7 heteroatoms. The van der Waals surface area contributed by atoms with Crippen molar-refractivity contribution < 1.29 is 4.79 Å². The monoisotopic (exact) mass is 358 g/mol. The van der Waals surface area contributed by atoms with Gasteiger partial charge in [0, 0.05) is 18.0 Å². The topological polar surface area (TPSA) is 88.5 Å². The van der Waals surface area contributed by atoms with Crippen LogP contribution in [-0.2, 0) is 6.54 Å². The van der Waals surface area contributed by atoms with Crippen LogP contribution in [0.15, 0.2) is 79.4 Å². The molecule has 2 aromatic heterocycles. The maximum absolute atomic E-state index is 13.1. The number of benzene rings is 2. The highest BCUT2D eigenvalue weighted by atomic mass is 16.1. The van der Waals surface area contributed by atoms with Crippen LogP contribution in [0.3, 0.4) is 0 Å². The number of rotatable bonds is 6. The number of H-pyrrole nitrogens is 1. The maximum atomic E-state index is 13.1. The summed E-state index contributed by atoms with van der Waals surface area (Å²) in [6.07, 6.45) is 5.03. The van der Waals surface area contributed by atoms with Crippen LogP contribution in [0.25, 0.3) is 11.4 Å². The average molecular weight is 358 g/mol. The van der Waals surface area contributed by atoms with E-state index in [0.29, 0.717) is 23.5 Å². The summed E-state index contributed by atoms with van der Waals surface area (Å²) in [7, 11) is 0. The van der Waals surface area contributed by atoms with Gasteiger partial charge >= 0.3 is 0 Å². The van der Waals surface area contributed by atoms with E-state index in [1.807, 2.05) is 60.8 Å². The lowest BCUT2D eigenvalue weighted by molar-refractivity contribution is 0.0932. The van der Waals surface area contributed by atoms with Crippen LogP contribution in [0.5, 0.6) is 0 Å². The van der Waals surface area contributed by atoms with Gasteiger partial charge in [0.15, 0.2) is 5.82 Å². The molecule has 2 aromatic carbocycles. The summed E-state index contributed by atoms with van der Waals surface area (Å²) < 4.78 is 1.81. The third-order valence-corrected chi connectivity index (χ3v) is 4.28. The normalized spacial score (nSPS) is 11.9. The van der Waals surface area contributed by atoms with Gasteiger partial charge in [-0.05, 0) is 17.7 Å². The number of nitrogens with one attached hydrogen (secondary N) is 2. The van der Waals surface area contributed by atoms with E-state index in [1.165, 1.54) is 6.33 Å². The minimum atomic E-state index is -0.221. The largest absolute Gasteiger partial charge is 0.343 e. The summed E-state index contributed by atoms with van der Waals surface area (Å²) in [6.45, 7) is 0.535. The minimum Gasteiger partial charge on any atom is -0.343 e. The summed E-state index contributed by atoms with van der Waals surface area (Å²) in [5, 5.41) is 14.1. The second-order valence-electron chi connectivity index (χ2n) is 6.04. The lowest BCUT2D eigenvalue weighted by Gasteiger charge is -2.20. The molecule has 4 aromatic rings. The predicted octanol–water partition coefficient (Wildman–Crippen LogP) is 2.84. The highest BCUT2D eigenvalue weighted by molar-refractivity contribution is 6.00. The number of aromatic nitrogens is 5. The fourth-order valence-electron chi connectivity index (χ4n) is 2.97. The summed E-state index contributed by atoms with van der Waals surface area (Å²) in [5.41, 5.74) is 2.26. The van der Waals surface area contributed by atoms with Crippen LogP contribution in [0.2, 0.25) is 0 Å². The van der Waals surface area contributed by atoms with E-state index in [2.05, 4.69) is 25.6 Å². The molecule has 1 atom stereocenters. The molecule has 0 spiro atoms. The maximum Gasteiger partial charge on any atom is 0.252 e. The minimum absolute atomic E-state index is 0.178. The van der Waals surface area contributed by atoms with Crippen LogP contribution in [0.4, 0.5) is 0 Å². The van der Waals surface area contributed by atoms with E-state index >= 15 is 0 Å². The molecule has 2 N–H and O–H groups in total. The molecular formula is C20H18N6O. The fraction of sp³-hybridized carbons (Fsp3) is 0.100. The SMILES string of the molecule is O=C(N[C@H](Cn1cccn1)c1ccccc1)c1ccccc1-c1ncn[nH]1. The highest BCUT2D eigenvalue weighted by Crippen LogP contribution is 2.21. The van der Waals surface area contributed by atoms with E-state index in [4.69, 9.17) is 0 Å².